The Bertz CT molecular complexity index is 1280. The summed E-state index contributed by atoms with van der Waals surface area (Å²) in [6.45, 7) is 2.65. The zero-order valence-electron chi connectivity index (χ0n) is 18.6. The number of anilines is 1. The van der Waals surface area contributed by atoms with Gasteiger partial charge in [-0.2, -0.15) is 4.31 Å². The van der Waals surface area contributed by atoms with Crippen LogP contribution in [0, 0.1) is 0 Å². The summed E-state index contributed by atoms with van der Waals surface area (Å²) in [4.78, 5) is 23.4. The van der Waals surface area contributed by atoms with Crippen LogP contribution < -0.4 is 4.90 Å². The Labute approximate surface area is 202 Å². The van der Waals surface area contributed by atoms with Gasteiger partial charge in [0.1, 0.15) is 0 Å². The number of fused-ring (bicyclic) bond motifs is 1. The van der Waals surface area contributed by atoms with Gasteiger partial charge in [0.2, 0.25) is 10.0 Å². The number of sulfonamides is 1. The fraction of sp³-hybridized carbons (Fsp3) is 0.391. The molecule has 33 heavy (non-hydrogen) atoms. The van der Waals surface area contributed by atoms with E-state index in [9.17, 15) is 13.2 Å². The maximum atomic E-state index is 13.0. The number of hydrogen-bond donors (Lipinski definition) is 0. The van der Waals surface area contributed by atoms with Gasteiger partial charge in [0.15, 0.2) is 5.13 Å². The first-order valence-electron chi connectivity index (χ1n) is 10.9. The predicted molar refractivity (Wildman–Crippen MR) is 134 cm³/mol. The molecule has 7 nitrogen and oxygen atoms in total. The van der Waals surface area contributed by atoms with Crippen molar-refractivity contribution in [1.82, 2.24) is 14.2 Å². The number of thioether (sulfide) groups is 1. The first kappa shape index (κ1) is 22.6. The highest BCUT2D eigenvalue weighted by molar-refractivity contribution is 7.98. The van der Waals surface area contributed by atoms with E-state index in [0.29, 0.717) is 18.7 Å². The quantitative estimate of drug-likeness (QED) is 0.478. The summed E-state index contributed by atoms with van der Waals surface area (Å²) in [6, 6.07) is 12.7. The van der Waals surface area contributed by atoms with Crippen molar-refractivity contribution in [3.8, 4) is 0 Å². The Balaban J connectivity index is 1.24. The van der Waals surface area contributed by atoms with Gasteiger partial charge in [-0.15, -0.1) is 11.8 Å². The van der Waals surface area contributed by atoms with E-state index >= 15 is 0 Å². The second kappa shape index (κ2) is 8.90. The molecule has 1 saturated heterocycles. The molecule has 2 aromatic carbocycles. The number of thiazole rings is 1. The molecule has 2 heterocycles. The molecule has 2 fully saturated rings. The topological polar surface area (TPSA) is 73.8 Å². The lowest BCUT2D eigenvalue weighted by Gasteiger charge is -2.34. The highest BCUT2D eigenvalue weighted by atomic mass is 32.2. The van der Waals surface area contributed by atoms with Gasteiger partial charge in [0, 0.05) is 49.7 Å². The van der Waals surface area contributed by atoms with Crippen LogP contribution in [-0.4, -0.2) is 74.0 Å². The Kier molecular flexibility index (Phi) is 6.11. The van der Waals surface area contributed by atoms with Gasteiger partial charge in [-0.3, -0.25) is 4.79 Å². The van der Waals surface area contributed by atoms with Crippen molar-refractivity contribution >= 4 is 54.4 Å². The Morgan fingerprint density at radius 2 is 1.79 bits per heavy atom. The average molecular weight is 503 g/mol. The van der Waals surface area contributed by atoms with Crippen molar-refractivity contribution in [3.63, 3.8) is 0 Å². The minimum absolute atomic E-state index is 0.0666. The van der Waals surface area contributed by atoms with Crippen LogP contribution in [0.15, 0.2) is 52.3 Å². The monoisotopic (exact) mass is 502 g/mol. The molecule has 1 saturated carbocycles. The molecule has 174 valence electrons. The van der Waals surface area contributed by atoms with Crippen LogP contribution in [0.4, 0.5) is 5.13 Å². The standard InChI is InChI=1S/C23H26N4O3S3/c1-25(17-8-9-17)33(29,30)18-10-6-16(7-11-18)22(28)26-12-14-27(15-13-26)23-24-21-19(31-2)4-3-5-20(21)32-23/h3-7,10-11,17H,8-9,12-15H2,1-2H3. The molecule has 2 aliphatic rings. The number of nitrogens with zero attached hydrogens (tertiary/aromatic N) is 4. The van der Waals surface area contributed by atoms with E-state index in [-0.39, 0.29) is 16.8 Å². The van der Waals surface area contributed by atoms with E-state index in [2.05, 4.69) is 29.4 Å². The number of carbonyl (C=O) groups is 1. The normalized spacial score (nSPS) is 17.2. The van der Waals surface area contributed by atoms with Crippen molar-refractivity contribution in [3.05, 3.63) is 48.0 Å². The Morgan fingerprint density at radius 3 is 2.42 bits per heavy atom. The van der Waals surface area contributed by atoms with Crippen LogP contribution >= 0.6 is 23.1 Å². The van der Waals surface area contributed by atoms with Crippen LogP contribution in [0.5, 0.6) is 0 Å². The summed E-state index contributed by atoms with van der Waals surface area (Å²) in [7, 11) is -1.88. The Hall–Kier alpha value is -2.14. The molecule has 0 unspecified atom stereocenters. The third kappa shape index (κ3) is 4.37. The van der Waals surface area contributed by atoms with E-state index in [0.717, 1.165) is 36.6 Å². The van der Waals surface area contributed by atoms with Gasteiger partial charge in [-0.25, -0.2) is 13.4 Å². The largest absolute Gasteiger partial charge is 0.345 e. The fourth-order valence-electron chi connectivity index (χ4n) is 4.07. The maximum Gasteiger partial charge on any atom is 0.253 e. The van der Waals surface area contributed by atoms with E-state index in [1.807, 2.05) is 4.90 Å². The van der Waals surface area contributed by atoms with Crippen molar-refractivity contribution in [1.29, 1.82) is 0 Å². The van der Waals surface area contributed by atoms with Crippen LogP contribution in [0.1, 0.15) is 23.2 Å². The molecule has 0 atom stereocenters. The number of rotatable bonds is 6. The molecular weight excluding hydrogens is 476 g/mol. The molecule has 0 N–H and O–H groups in total. The van der Waals surface area contributed by atoms with Gasteiger partial charge >= 0.3 is 0 Å². The van der Waals surface area contributed by atoms with Gasteiger partial charge in [0.05, 0.1) is 15.1 Å². The van der Waals surface area contributed by atoms with E-state index < -0.39 is 10.0 Å². The van der Waals surface area contributed by atoms with E-state index in [1.165, 1.54) is 13.9 Å². The van der Waals surface area contributed by atoms with Gasteiger partial charge in [0.25, 0.3) is 5.91 Å². The third-order valence-corrected chi connectivity index (χ3v) is 10.0. The highest BCUT2D eigenvalue weighted by Gasteiger charge is 2.35. The predicted octanol–water partition coefficient (Wildman–Crippen LogP) is 3.76. The summed E-state index contributed by atoms with van der Waals surface area (Å²) in [5.74, 6) is -0.0666. The lowest BCUT2D eigenvalue weighted by Crippen LogP contribution is -2.48. The molecule has 1 amide bonds. The second-order valence-corrected chi connectivity index (χ2v) is 12.2. The zero-order valence-corrected chi connectivity index (χ0v) is 21.0. The first-order chi connectivity index (χ1) is 15.9. The van der Waals surface area contributed by atoms with Crippen molar-refractivity contribution in [2.45, 2.75) is 28.7 Å². The third-order valence-electron chi connectivity index (χ3n) is 6.27. The fourth-order valence-corrected chi connectivity index (χ4v) is 7.15. The number of hydrogen-bond acceptors (Lipinski definition) is 7. The number of carbonyl (C=O) groups excluding carboxylic acids is 1. The van der Waals surface area contributed by atoms with Crippen molar-refractivity contribution < 1.29 is 13.2 Å². The molecule has 1 aliphatic carbocycles. The summed E-state index contributed by atoms with van der Waals surface area (Å²) in [5, 5.41) is 0.993. The maximum absolute atomic E-state index is 13.0. The molecule has 1 aromatic heterocycles. The van der Waals surface area contributed by atoms with E-state index in [4.69, 9.17) is 4.98 Å². The zero-order chi connectivity index (χ0) is 23.2. The van der Waals surface area contributed by atoms with Crippen LogP contribution in [0.25, 0.3) is 10.2 Å². The molecule has 1 aliphatic heterocycles. The SMILES string of the molecule is CSc1cccc2sc(N3CCN(C(=O)c4ccc(S(=O)(=O)N(C)C5CC5)cc4)CC3)nc12. The van der Waals surface area contributed by atoms with Crippen LogP contribution in [-0.2, 0) is 10.0 Å². The highest BCUT2D eigenvalue weighted by Crippen LogP contribution is 2.34. The molecule has 0 spiro atoms. The second-order valence-electron chi connectivity index (χ2n) is 8.36. The van der Waals surface area contributed by atoms with Crippen molar-refractivity contribution in [2.24, 2.45) is 0 Å². The Morgan fingerprint density at radius 1 is 1.09 bits per heavy atom. The smallest absolute Gasteiger partial charge is 0.253 e. The van der Waals surface area contributed by atoms with Gasteiger partial charge in [-0.05, 0) is 55.5 Å². The van der Waals surface area contributed by atoms with Gasteiger partial charge < -0.3 is 9.80 Å². The average Bonchev–Trinajstić information content (AvgIpc) is 3.60. The summed E-state index contributed by atoms with van der Waals surface area (Å²) >= 11 is 3.39. The molecule has 0 radical (unpaired) electrons. The summed E-state index contributed by atoms with van der Waals surface area (Å²) < 4.78 is 28.0. The molecule has 3 aromatic rings. The first-order valence-corrected chi connectivity index (χ1v) is 14.4. The number of benzene rings is 2. The molecular formula is C23H26N4O3S3. The number of piperazine rings is 1. The van der Waals surface area contributed by atoms with Crippen LogP contribution in [0.2, 0.25) is 0 Å². The summed E-state index contributed by atoms with van der Waals surface area (Å²) in [5.41, 5.74) is 1.56. The van der Waals surface area contributed by atoms with Gasteiger partial charge in [-0.1, -0.05) is 17.4 Å². The minimum Gasteiger partial charge on any atom is -0.345 e. The van der Waals surface area contributed by atoms with Crippen molar-refractivity contribution in [2.75, 3.05) is 44.4 Å². The van der Waals surface area contributed by atoms with Crippen LogP contribution in [0.3, 0.4) is 0 Å². The number of amides is 1. The lowest BCUT2D eigenvalue weighted by atomic mass is 10.2. The molecule has 10 heteroatoms. The molecule has 5 rings (SSSR count). The minimum atomic E-state index is -3.50. The molecule has 0 bridgehead atoms. The van der Waals surface area contributed by atoms with E-state index in [1.54, 1.807) is 54.4 Å². The number of aromatic nitrogens is 1. The number of para-hydroxylation sites is 1. The summed E-state index contributed by atoms with van der Waals surface area (Å²) in [6.07, 6.45) is 3.88. The lowest BCUT2D eigenvalue weighted by molar-refractivity contribution is 0.0746.